The number of rotatable bonds is 6. The number of nitrogens with two attached hydrogens (primary N) is 1. The molecular weight excluding hydrogens is 475 g/mol. The van der Waals surface area contributed by atoms with Crippen LogP contribution in [0.25, 0.3) is 22.4 Å². The summed E-state index contributed by atoms with van der Waals surface area (Å²) in [7, 11) is -3.84. The lowest BCUT2D eigenvalue weighted by atomic mass is 9.98. The second-order valence-electron chi connectivity index (χ2n) is 7.38. The fourth-order valence-electron chi connectivity index (χ4n) is 3.31. The van der Waals surface area contributed by atoms with Crippen LogP contribution in [0, 0.1) is 5.82 Å². The fourth-order valence-corrected chi connectivity index (χ4v) is 4.41. The maximum Gasteiger partial charge on any atom is 0.264 e. The first kappa shape index (κ1) is 23.4. The highest BCUT2D eigenvalue weighted by Gasteiger charge is 2.15. The molecule has 34 heavy (non-hydrogen) atoms. The number of aromatic nitrogens is 1. The number of pyridine rings is 1. The molecule has 1 aromatic heterocycles. The number of hydrogen-bond donors (Lipinski definition) is 2. The van der Waals surface area contributed by atoms with Gasteiger partial charge in [-0.15, -0.1) is 0 Å². The summed E-state index contributed by atoms with van der Waals surface area (Å²) in [6, 6.07) is 23.1. The van der Waals surface area contributed by atoms with Gasteiger partial charge in [-0.1, -0.05) is 54.1 Å². The molecule has 0 aliphatic rings. The van der Waals surface area contributed by atoms with Crippen molar-refractivity contribution in [2.24, 2.45) is 10.7 Å². The van der Waals surface area contributed by atoms with Crippen LogP contribution in [-0.4, -0.2) is 19.4 Å². The predicted molar refractivity (Wildman–Crippen MR) is 132 cm³/mol. The largest absolute Gasteiger partial charge is 0.369 e. The Morgan fingerprint density at radius 3 is 2.41 bits per heavy atom. The summed E-state index contributed by atoms with van der Waals surface area (Å²) < 4.78 is 41.0. The molecule has 172 valence electrons. The third-order valence-corrected chi connectivity index (χ3v) is 6.54. The second kappa shape index (κ2) is 10.0. The number of hydrogen-bond acceptors (Lipinski definition) is 4. The van der Waals surface area contributed by atoms with Gasteiger partial charge >= 0.3 is 0 Å². The summed E-state index contributed by atoms with van der Waals surface area (Å²) >= 11 is 6.04. The van der Waals surface area contributed by atoms with Crippen LogP contribution >= 0.6 is 11.6 Å². The molecule has 9 heteroatoms. The minimum atomic E-state index is -3.84. The minimum absolute atomic E-state index is 0.0827. The Hall–Kier alpha value is -3.75. The van der Waals surface area contributed by atoms with Crippen LogP contribution in [0.1, 0.15) is 5.56 Å². The van der Waals surface area contributed by atoms with Crippen LogP contribution < -0.4 is 10.5 Å². The second-order valence-corrected chi connectivity index (χ2v) is 9.50. The maximum atomic E-state index is 13.9. The molecule has 0 radical (unpaired) electrons. The lowest BCUT2D eigenvalue weighted by Gasteiger charge is -2.12. The van der Waals surface area contributed by atoms with E-state index in [-0.39, 0.29) is 23.2 Å². The average molecular weight is 495 g/mol. The highest BCUT2D eigenvalue weighted by atomic mass is 35.5. The molecule has 4 rings (SSSR count). The van der Waals surface area contributed by atoms with Crippen LogP contribution in [0.5, 0.6) is 0 Å². The molecule has 0 aliphatic heterocycles. The Labute approximate surface area is 202 Å². The lowest BCUT2D eigenvalue weighted by Crippen LogP contribution is -2.36. The average Bonchev–Trinajstić information content (AvgIpc) is 2.83. The number of nitrogens with zero attached hydrogens (tertiary/aromatic N) is 2. The molecule has 0 fully saturated rings. The van der Waals surface area contributed by atoms with Gasteiger partial charge in [-0.3, -0.25) is 4.98 Å². The summed E-state index contributed by atoms with van der Waals surface area (Å²) in [5, 5.41) is 0.586. The molecule has 1 heterocycles. The summed E-state index contributed by atoms with van der Waals surface area (Å²) in [5.74, 6) is -0.611. The zero-order chi connectivity index (χ0) is 24.1. The smallest absolute Gasteiger partial charge is 0.264 e. The van der Waals surface area contributed by atoms with Gasteiger partial charge in [0, 0.05) is 22.3 Å². The molecule has 4 aromatic rings. The van der Waals surface area contributed by atoms with Gasteiger partial charge in [-0.2, -0.15) is 0 Å². The predicted octanol–water partition coefficient (Wildman–Crippen LogP) is 5.00. The van der Waals surface area contributed by atoms with E-state index in [2.05, 4.69) is 14.7 Å². The number of guanidine groups is 1. The zero-order valence-electron chi connectivity index (χ0n) is 17.8. The van der Waals surface area contributed by atoms with E-state index < -0.39 is 10.0 Å². The first-order chi connectivity index (χ1) is 16.3. The molecule has 0 atom stereocenters. The van der Waals surface area contributed by atoms with Crippen LogP contribution in [0.3, 0.4) is 0 Å². The Kier molecular flexibility index (Phi) is 6.90. The van der Waals surface area contributed by atoms with Gasteiger partial charge in [-0.05, 0) is 53.6 Å². The van der Waals surface area contributed by atoms with Crippen molar-refractivity contribution in [3.05, 3.63) is 108 Å². The molecule has 0 saturated heterocycles. The Bertz CT molecular complexity index is 1440. The highest BCUT2D eigenvalue weighted by molar-refractivity contribution is 7.90. The minimum Gasteiger partial charge on any atom is -0.369 e. The van der Waals surface area contributed by atoms with Gasteiger partial charge in [0.1, 0.15) is 5.82 Å². The van der Waals surface area contributed by atoms with Crippen molar-refractivity contribution in [2.75, 3.05) is 0 Å². The van der Waals surface area contributed by atoms with Crippen molar-refractivity contribution < 1.29 is 12.8 Å². The molecule has 0 aliphatic carbocycles. The van der Waals surface area contributed by atoms with Crippen LogP contribution in [0.15, 0.2) is 101 Å². The van der Waals surface area contributed by atoms with Crippen molar-refractivity contribution >= 4 is 27.6 Å². The quantitative estimate of drug-likeness (QED) is 0.291. The van der Waals surface area contributed by atoms with Gasteiger partial charge in [0.2, 0.25) is 5.96 Å². The SMILES string of the molecule is NC(=NCc1cnc(-c2cccc(F)c2)c(-c2ccc(Cl)cc2)c1)NS(=O)(=O)c1ccccc1. The number of nitrogens with one attached hydrogen (secondary N) is 1. The number of sulfonamides is 1. The summed E-state index contributed by atoms with van der Waals surface area (Å²) in [6.45, 7) is 0.0835. The standard InChI is InChI=1S/C25H20ClFN4O2S/c26-20-11-9-18(10-12-20)23-13-17(15-29-24(23)19-5-4-6-21(27)14-19)16-30-25(28)31-34(32,33)22-7-2-1-3-8-22/h1-15H,16H2,(H3,28,30,31). The summed E-state index contributed by atoms with van der Waals surface area (Å²) in [4.78, 5) is 8.78. The first-order valence-electron chi connectivity index (χ1n) is 10.2. The molecule has 3 aromatic carbocycles. The van der Waals surface area contributed by atoms with Crippen LogP contribution in [0.2, 0.25) is 5.02 Å². The molecular formula is C25H20ClFN4O2S. The first-order valence-corrected chi connectivity index (χ1v) is 12.1. The van der Waals surface area contributed by atoms with E-state index in [1.54, 1.807) is 48.7 Å². The Balaban J connectivity index is 1.64. The van der Waals surface area contributed by atoms with Crippen molar-refractivity contribution in [3.63, 3.8) is 0 Å². The van der Waals surface area contributed by atoms with E-state index >= 15 is 0 Å². The fraction of sp³-hybridized carbons (Fsp3) is 0.0400. The van der Waals surface area contributed by atoms with Crippen LogP contribution in [0.4, 0.5) is 4.39 Å². The van der Waals surface area contributed by atoms with Gasteiger partial charge in [0.25, 0.3) is 10.0 Å². The number of benzene rings is 3. The van der Waals surface area contributed by atoms with Crippen molar-refractivity contribution in [2.45, 2.75) is 11.4 Å². The highest BCUT2D eigenvalue weighted by Crippen LogP contribution is 2.32. The maximum absolute atomic E-state index is 13.9. The topological polar surface area (TPSA) is 97.4 Å². The van der Waals surface area contributed by atoms with Crippen molar-refractivity contribution in [1.29, 1.82) is 0 Å². The number of halogens is 2. The molecule has 3 N–H and O–H groups in total. The number of aliphatic imine (C=N–C) groups is 1. The molecule has 0 amide bonds. The molecule has 0 unspecified atom stereocenters. The van der Waals surface area contributed by atoms with E-state index in [1.807, 2.05) is 18.2 Å². The van der Waals surface area contributed by atoms with E-state index in [1.165, 1.54) is 24.3 Å². The zero-order valence-corrected chi connectivity index (χ0v) is 19.4. The van der Waals surface area contributed by atoms with Gasteiger partial charge in [0.15, 0.2) is 0 Å². The lowest BCUT2D eigenvalue weighted by molar-refractivity contribution is 0.592. The molecule has 0 saturated carbocycles. The molecule has 0 spiro atoms. The Morgan fingerprint density at radius 2 is 1.71 bits per heavy atom. The van der Waals surface area contributed by atoms with E-state index in [0.29, 0.717) is 21.8 Å². The summed E-state index contributed by atoms with van der Waals surface area (Å²) in [6.07, 6.45) is 1.60. The molecule has 6 nitrogen and oxygen atoms in total. The van der Waals surface area contributed by atoms with Gasteiger partial charge in [0.05, 0.1) is 17.1 Å². The monoisotopic (exact) mass is 494 g/mol. The van der Waals surface area contributed by atoms with E-state index in [4.69, 9.17) is 17.3 Å². The molecule has 0 bridgehead atoms. The van der Waals surface area contributed by atoms with Crippen molar-refractivity contribution in [1.82, 2.24) is 9.71 Å². The summed E-state index contributed by atoms with van der Waals surface area (Å²) in [5.41, 5.74) is 9.31. The van der Waals surface area contributed by atoms with E-state index in [0.717, 1.165) is 11.1 Å². The Morgan fingerprint density at radius 1 is 0.971 bits per heavy atom. The van der Waals surface area contributed by atoms with Crippen molar-refractivity contribution in [3.8, 4) is 22.4 Å². The van der Waals surface area contributed by atoms with E-state index in [9.17, 15) is 12.8 Å². The third kappa shape index (κ3) is 5.59. The van der Waals surface area contributed by atoms with Gasteiger partial charge < -0.3 is 5.73 Å². The normalized spacial score (nSPS) is 11.9. The van der Waals surface area contributed by atoms with Crippen LogP contribution in [-0.2, 0) is 16.6 Å². The van der Waals surface area contributed by atoms with Gasteiger partial charge in [-0.25, -0.2) is 22.5 Å². The third-order valence-electron chi connectivity index (χ3n) is 4.92.